The zero-order chi connectivity index (χ0) is 13.5. The first-order valence-corrected chi connectivity index (χ1v) is 5.50. The Morgan fingerprint density at radius 1 is 1.44 bits per heavy atom. The molecule has 1 unspecified atom stereocenters. The van der Waals surface area contributed by atoms with Crippen LogP contribution in [0.4, 0.5) is 4.39 Å². The Hall–Kier alpha value is -2.17. The molecule has 0 saturated heterocycles. The van der Waals surface area contributed by atoms with Crippen molar-refractivity contribution in [2.75, 3.05) is 0 Å². The lowest BCUT2D eigenvalue weighted by molar-refractivity contribution is -0.141. The normalized spacial score (nSPS) is 12.3. The minimum Gasteiger partial charge on any atom is -0.480 e. The average molecular weight is 251 g/mol. The van der Waals surface area contributed by atoms with Gasteiger partial charge in [0.05, 0.1) is 0 Å². The molecule has 0 spiro atoms. The van der Waals surface area contributed by atoms with E-state index in [1.807, 2.05) is 0 Å². The van der Waals surface area contributed by atoms with E-state index in [9.17, 15) is 14.0 Å². The van der Waals surface area contributed by atoms with E-state index >= 15 is 0 Å². The highest BCUT2D eigenvalue weighted by molar-refractivity contribution is 5.94. The summed E-state index contributed by atoms with van der Waals surface area (Å²) in [6.45, 7) is 1.65. The SMILES string of the molecule is CCC(NC(=O)/C=C/c1ccccc1F)C(=O)O. The Morgan fingerprint density at radius 3 is 2.67 bits per heavy atom. The Kier molecular flexibility index (Phi) is 5.05. The summed E-state index contributed by atoms with van der Waals surface area (Å²) in [5, 5.41) is 11.1. The lowest BCUT2D eigenvalue weighted by Gasteiger charge is -2.09. The summed E-state index contributed by atoms with van der Waals surface area (Å²) in [7, 11) is 0. The van der Waals surface area contributed by atoms with E-state index in [0.29, 0.717) is 0 Å². The number of hydrogen-bond acceptors (Lipinski definition) is 2. The molecule has 0 aromatic heterocycles. The molecule has 1 rings (SSSR count). The summed E-state index contributed by atoms with van der Waals surface area (Å²) in [5.74, 6) is -2.09. The molecule has 4 nitrogen and oxygen atoms in total. The Labute approximate surface area is 104 Å². The van der Waals surface area contributed by atoms with Crippen LogP contribution >= 0.6 is 0 Å². The molecule has 0 fully saturated rings. The molecule has 0 aliphatic heterocycles. The molecule has 2 N–H and O–H groups in total. The van der Waals surface area contributed by atoms with Gasteiger partial charge in [-0.1, -0.05) is 25.1 Å². The van der Waals surface area contributed by atoms with Crippen molar-refractivity contribution in [2.45, 2.75) is 19.4 Å². The van der Waals surface area contributed by atoms with Crippen molar-refractivity contribution < 1.29 is 19.1 Å². The van der Waals surface area contributed by atoms with Gasteiger partial charge in [0.1, 0.15) is 11.9 Å². The summed E-state index contributed by atoms with van der Waals surface area (Å²) >= 11 is 0. The van der Waals surface area contributed by atoms with Crippen molar-refractivity contribution in [2.24, 2.45) is 0 Å². The van der Waals surface area contributed by atoms with Crippen LogP contribution in [0, 0.1) is 5.82 Å². The number of halogens is 1. The van der Waals surface area contributed by atoms with Crippen molar-refractivity contribution in [3.63, 3.8) is 0 Å². The van der Waals surface area contributed by atoms with E-state index in [1.54, 1.807) is 19.1 Å². The van der Waals surface area contributed by atoms with E-state index in [4.69, 9.17) is 5.11 Å². The van der Waals surface area contributed by atoms with Crippen LogP contribution in [0.15, 0.2) is 30.3 Å². The van der Waals surface area contributed by atoms with E-state index < -0.39 is 23.7 Å². The summed E-state index contributed by atoms with van der Waals surface area (Å²) in [6, 6.07) is 5.07. The van der Waals surface area contributed by atoms with Gasteiger partial charge in [0.2, 0.25) is 5.91 Å². The molecule has 1 amide bonds. The van der Waals surface area contributed by atoms with Crippen LogP contribution in [-0.2, 0) is 9.59 Å². The quantitative estimate of drug-likeness (QED) is 0.784. The van der Waals surface area contributed by atoms with Gasteiger partial charge in [-0.2, -0.15) is 0 Å². The number of carboxylic acids is 1. The van der Waals surface area contributed by atoms with E-state index in [1.165, 1.54) is 18.2 Å². The monoisotopic (exact) mass is 251 g/mol. The Balaban J connectivity index is 2.65. The Bertz CT molecular complexity index is 471. The summed E-state index contributed by atoms with van der Waals surface area (Å²) < 4.78 is 13.2. The first kappa shape index (κ1) is 13.9. The number of aliphatic carboxylic acids is 1. The van der Waals surface area contributed by atoms with Crippen molar-refractivity contribution in [1.82, 2.24) is 5.32 Å². The maximum Gasteiger partial charge on any atom is 0.326 e. The molecule has 1 aromatic rings. The third-order valence-electron chi connectivity index (χ3n) is 2.34. The fraction of sp³-hybridized carbons (Fsp3) is 0.231. The molecular formula is C13H14FNO3. The van der Waals surface area contributed by atoms with Gasteiger partial charge in [-0.3, -0.25) is 4.79 Å². The number of nitrogens with one attached hydrogen (secondary N) is 1. The number of benzene rings is 1. The van der Waals surface area contributed by atoms with Crippen molar-refractivity contribution in [3.05, 3.63) is 41.7 Å². The molecular weight excluding hydrogens is 237 g/mol. The zero-order valence-corrected chi connectivity index (χ0v) is 9.89. The van der Waals surface area contributed by atoms with Crippen LogP contribution in [0.2, 0.25) is 0 Å². The van der Waals surface area contributed by atoms with Gasteiger partial charge >= 0.3 is 5.97 Å². The van der Waals surface area contributed by atoms with Gasteiger partial charge in [0.15, 0.2) is 0 Å². The van der Waals surface area contributed by atoms with Crippen molar-refractivity contribution in [1.29, 1.82) is 0 Å². The van der Waals surface area contributed by atoms with Gasteiger partial charge in [0.25, 0.3) is 0 Å². The number of carboxylic acid groups (broad SMARTS) is 1. The van der Waals surface area contributed by atoms with Gasteiger partial charge in [-0.05, 0) is 18.6 Å². The number of amides is 1. The number of hydrogen-bond donors (Lipinski definition) is 2. The lowest BCUT2D eigenvalue weighted by Crippen LogP contribution is -2.39. The molecule has 0 radical (unpaired) electrons. The molecule has 1 atom stereocenters. The maximum absolute atomic E-state index is 13.2. The first-order chi connectivity index (χ1) is 8.54. The van der Waals surface area contributed by atoms with Crippen LogP contribution in [0.1, 0.15) is 18.9 Å². The van der Waals surface area contributed by atoms with E-state index in [0.717, 1.165) is 6.08 Å². The van der Waals surface area contributed by atoms with Gasteiger partial charge < -0.3 is 10.4 Å². The molecule has 0 heterocycles. The molecule has 0 aliphatic carbocycles. The predicted molar refractivity (Wildman–Crippen MR) is 65.3 cm³/mol. The van der Waals surface area contributed by atoms with Crippen LogP contribution in [0.25, 0.3) is 6.08 Å². The number of carbonyl (C=O) groups is 2. The number of carbonyl (C=O) groups excluding carboxylic acids is 1. The van der Waals surface area contributed by atoms with Gasteiger partial charge in [0, 0.05) is 11.6 Å². The van der Waals surface area contributed by atoms with Crippen molar-refractivity contribution in [3.8, 4) is 0 Å². The molecule has 5 heteroatoms. The largest absolute Gasteiger partial charge is 0.480 e. The molecule has 0 aliphatic rings. The number of rotatable bonds is 5. The zero-order valence-electron chi connectivity index (χ0n) is 9.89. The third kappa shape index (κ3) is 4.01. The topological polar surface area (TPSA) is 66.4 Å². The second-order valence-corrected chi connectivity index (χ2v) is 3.66. The fourth-order valence-corrected chi connectivity index (χ4v) is 1.33. The smallest absolute Gasteiger partial charge is 0.326 e. The molecule has 18 heavy (non-hydrogen) atoms. The standard InChI is InChI=1S/C13H14FNO3/c1-2-11(13(17)18)15-12(16)8-7-9-5-3-4-6-10(9)14/h3-8,11H,2H2,1H3,(H,15,16)(H,17,18)/b8-7+. The van der Waals surface area contributed by atoms with Gasteiger partial charge in [-0.25, -0.2) is 9.18 Å². The lowest BCUT2D eigenvalue weighted by atomic mass is 10.2. The fourth-order valence-electron chi connectivity index (χ4n) is 1.33. The Morgan fingerprint density at radius 2 is 2.11 bits per heavy atom. The van der Waals surface area contributed by atoms with E-state index in [-0.39, 0.29) is 12.0 Å². The molecule has 0 saturated carbocycles. The second-order valence-electron chi connectivity index (χ2n) is 3.66. The predicted octanol–water partition coefficient (Wildman–Crippen LogP) is 1.82. The van der Waals surface area contributed by atoms with Gasteiger partial charge in [-0.15, -0.1) is 0 Å². The average Bonchev–Trinajstić information content (AvgIpc) is 2.34. The molecule has 96 valence electrons. The summed E-state index contributed by atoms with van der Waals surface area (Å²) in [6.07, 6.45) is 2.71. The second kappa shape index (κ2) is 6.54. The highest BCUT2D eigenvalue weighted by Crippen LogP contribution is 2.07. The summed E-state index contributed by atoms with van der Waals surface area (Å²) in [4.78, 5) is 22.1. The van der Waals surface area contributed by atoms with E-state index in [2.05, 4.69) is 5.32 Å². The minimum atomic E-state index is -1.09. The molecule has 0 bridgehead atoms. The summed E-state index contributed by atoms with van der Waals surface area (Å²) in [5.41, 5.74) is 0.274. The van der Waals surface area contributed by atoms with Crippen LogP contribution < -0.4 is 5.32 Å². The van der Waals surface area contributed by atoms with Crippen LogP contribution in [0.5, 0.6) is 0 Å². The first-order valence-electron chi connectivity index (χ1n) is 5.50. The maximum atomic E-state index is 13.2. The van der Waals surface area contributed by atoms with Crippen molar-refractivity contribution >= 4 is 18.0 Å². The minimum absolute atomic E-state index is 0.274. The third-order valence-corrected chi connectivity index (χ3v) is 2.34. The van der Waals surface area contributed by atoms with Crippen LogP contribution in [-0.4, -0.2) is 23.0 Å². The molecule has 1 aromatic carbocycles. The highest BCUT2D eigenvalue weighted by atomic mass is 19.1. The van der Waals surface area contributed by atoms with Crippen LogP contribution in [0.3, 0.4) is 0 Å². The highest BCUT2D eigenvalue weighted by Gasteiger charge is 2.15.